The maximum atomic E-state index is 13.3. The van der Waals surface area contributed by atoms with Crippen LogP contribution in [0, 0.1) is 0 Å². The fourth-order valence-corrected chi connectivity index (χ4v) is 3.70. The van der Waals surface area contributed by atoms with Crippen LogP contribution in [0.2, 0.25) is 0 Å². The van der Waals surface area contributed by atoms with E-state index in [0.29, 0.717) is 18.7 Å². The van der Waals surface area contributed by atoms with Crippen molar-refractivity contribution in [1.29, 1.82) is 0 Å². The number of hydrogen-bond donors (Lipinski definition) is 1. The molecule has 0 bridgehead atoms. The van der Waals surface area contributed by atoms with Crippen molar-refractivity contribution in [1.82, 2.24) is 10.2 Å². The summed E-state index contributed by atoms with van der Waals surface area (Å²) in [7, 11) is 0. The molecular formula is C27H32N2O3. The SMILES string of the molecule is CCC(C(=O)NC(C)(C)C)N(Cc1ccccc1)C(=O)COc1cccc2ccccc12. The van der Waals surface area contributed by atoms with Crippen molar-refractivity contribution in [3.05, 3.63) is 78.4 Å². The van der Waals surface area contributed by atoms with Gasteiger partial charge in [-0.3, -0.25) is 9.59 Å². The van der Waals surface area contributed by atoms with E-state index in [4.69, 9.17) is 4.74 Å². The lowest BCUT2D eigenvalue weighted by atomic mass is 10.1. The van der Waals surface area contributed by atoms with E-state index in [9.17, 15) is 9.59 Å². The zero-order valence-corrected chi connectivity index (χ0v) is 19.3. The van der Waals surface area contributed by atoms with Crippen molar-refractivity contribution in [3.63, 3.8) is 0 Å². The highest BCUT2D eigenvalue weighted by Gasteiger charge is 2.30. The van der Waals surface area contributed by atoms with Crippen LogP contribution in [0.5, 0.6) is 5.75 Å². The smallest absolute Gasteiger partial charge is 0.261 e. The summed E-state index contributed by atoms with van der Waals surface area (Å²) in [5.41, 5.74) is 0.582. The second-order valence-electron chi connectivity index (χ2n) is 8.94. The van der Waals surface area contributed by atoms with E-state index in [1.165, 1.54) is 0 Å². The van der Waals surface area contributed by atoms with Crippen LogP contribution in [-0.2, 0) is 16.1 Å². The summed E-state index contributed by atoms with van der Waals surface area (Å²) in [6.07, 6.45) is 0.509. The van der Waals surface area contributed by atoms with Gasteiger partial charge in [0.05, 0.1) is 0 Å². The highest BCUT2D eigenvalue weighted by atomic mass is 16.5. The Kier molecular flexibility index (Phi) is 7.52. The Morgan fingerprint density at radius 3 is 2.28 bits per heavy atom. The monoisotopic (exact) mass is 432 g/mol. The van der Waals surface area contributed by atoms with Crippen molar-refractivity contribution < 1.29 is 14.3 Å². The fraction of sp³-hybridized carbons (Fsp3) is 0.333. The maximum Gasteiger partial charge on any atom is 0.261 e. The third-order valence-corrected chi connectivity index (χ3v) is 5.18. The Hall–Kier alpha value is -3.34. The average molecular weight is 433 g/mol. The highest BCUT2D eigenvalue weighted by Crippen LogP contribution is 2.25. The molecule has 1 unspecified atom stereocenters. The number of hydrogen-bond acceptors (Lipinski definition) is 3. The van der Waals surface area contributed by atoms with Gasteiger partial charge in [0, 0.05) is 17.5 Å². The van der Waals surface area contributed by atoms with Gasteiger partial charge < -0.3 is 15.0 Å². The first-order valence-corrected chi connectivity index (χ1v) is 11.0. The van der Waals surface area contributed by atoms with Crippen LogP contribution in [0.3, 0.4) is 0 Å². The molecule has 5 nitrogen and oxygen atoms in total. The van der Waals surface area contributed by atoms with Crippen LogP contribution in [0.4, 0.5) is 0 Å². The second kappa shape index (κ2) is 10.3. The molecule has 168 valence electrons. The summed E-state index contributed by atoms with van der Waals surface area (Å²) >= 11 is 0. The summed E-state index contributed by atoms with van der Waals surface area (Å²) in [6, 6.07) is 22.8. The van der Waals surface area contributed by atoms with Gasteiger partial charge in [0.2, 0.25) is 5.91 Å². The number of benzene rings is 3. The molecule has 0 saturated carbocycles. The van der Waals surface area contributed by atoms with E-state index in [-0.39, 0.29) is 24.0 Å². The normalized spacial score (nSPS) is 12.2. The van der Waals surface area contributed by atoms with Gasteiger partial charge in [0.25, 0.3) is 5.91 Å². The summed E-state index contributed by atoms with van der Waals surface area (Å²) in [5.74, 6) is 0.274. The number of amides is 2. The first-order valence-electron chi connectivity index (χ1n) is 11.0. The van der Waals surface area contributed by atoms with Crippen LogP contribution >= 0.6 is 0 Å². The van der Waals surface area contributed by atoms with Gasteiger partial charge in [-0.05, 0) is 44.2 Å². The molecule has 0 spiro atoms. The lowest BCUT2D eigenvalue weighted by Gasteiger charge is -2.33. The summed E-state index contributed by atoms with van der Waals surface area (Å²) in [4.78, 5) is 28.0. The molecule has 0 saturated heterocycles. The van der Waals surface area contributed by atoms with Gasteiger partial charge in [0.15, 0.2) is 6.61 Å². The minimum Gasteiger partial charge on any atom is -0.483 e. The maximum absolute atomic E-state index is 13.3. The van der Waals surface area contributed by atoms with E-state index in [1.807, 2.05) is 100 Å². The Bertz CT molecular complexity index is 1050. The van der Waals surface area contributed by atoms with Gasteiger partial charge in [0.1, 0.15) is 11.8 Å². The molecule has 3 rings (SSSR count). The predicted octanol–water partition coefficient (Wildman–Crippen LogP) is 4.94. The summed E-state index contributed by atoms with van der Waals surface area (Å²) < 4.78 is 5.95. The van der Waals surface area contributed by atoms with Gasteiger partial charge in [-0.2, -0.15) is 0 Å². The van der Waals surface area contributed by atoms with Crippen molar-refractivity contribution in [2.75, 3.05) is 6.61 Å². The molecule has 0 aromatic heterocycles. The fourth-order valence-electron chi connectivity index (χ4n) is 3.70. The molecule has 3 aromatic carbocycles. The molecule has 3 aromatic rings. The zero-order chi connectivity index (χ0) is 23.1. The quantitative estimate of drug-likeness (QED) is 0.548. The zero-order valence-electron chi connectivity index (χ0n) is 19.3. The van der Waals surface area contributed by atoms with E-state index in [2.05, 4.69) is 5.32 Å². The number of nitrogens with zero attached hydrogens (tertiary/aromatic N) is 1. The second-order valence-corrected chi connectivity index (χ2v) is 8.94. The molecule has 0 fully saturated rings. The number of nitrogens with one attached hydrogen (secondary N) is 1. The van der Waals surface area contributed by atoms with Gasteiger partial charge in [-0.15, -0.1) is 0 Å². The Labute approximate surface area is 190 Å². The predicted molar refractivity (Wildman–Crippen MR) is 128 cm³/mol. The Morgan fingerprint density at radius 1 is 0.938 bits per heavy atom. The molecule has 2 amide bonds. The third kappa shape index (κ3) is 6.10. The lowest BCUT2D eigenvalue weighted by molar-refractivity contribution is -0.143. The molecule has 0 aliphatic rings. The topological polar surface area (TPSA) is 58.6 Å². The van der Waals surface area contributed by atoms with Gasteiger partial charge >= 0.3 is 0 Å². The van der Waals surface area contributed by atoms with Crippen molar-refractivity contribution in [3.8, 4) is 5.75 Å². The molecular weight excluding hydrogens is 400 g/mol. The molecule has 1 N–H and O–H groups in total. The number of carbonyl (C=O) groups is 2. The van der Waals surface area contributed by atoms with E-state index < -0.39 is 6.04 Å². The minimum absolute atomic E-state index is 0.139. The molecule has 5 heteroatoms. The molecule has 1 atom stereocenters. The Morgan fingerprint density at radius 2 is 1.59 bits per heavy atom. The summed E-state index contributed by atoms with van der Waals surface area (Å²) in [5, 5.41) is 5.02. The van der Waals surface area contributed by atoms with E-state index >= 15 is 0 Å². The largest absolute Gasteiger partial charge is 0.483 e. The molecule has 0 aliphatic carbocycles. The standard InChI is InChI=1S/C27H32N2O3/c1-5-23(26(31)28-27(2,3)4)29(18-20-12-7-6-8-13-20)25(30)19-32-24-17-11-15-21-14-9-10-16-22(21)24/h6-17,23H,5,18-19H2,1-4H3,(H,28,31). The van der Waals surface area contributed by atoms with Crippen molar-refractivity contribution in [2.45, 2.75) is 52.2 Å². The number of ether oxygens (including phenoxy) is 1. The number of rotatable bonds is 8. The first-order chi connectivity index (χ1) is 15.3. The number of fused-ring (bicyclic) bond motifs is 1. The highest BCUT2D eigenvalue weighted by molar-refractivity contribution is 5.90. The molecule has 32 heavy (non-hydrogen) atoms. The van der Waals surface area contributed by atoms with Crippen LogP contribution in [0.15, 0.2) is 72.8 Å². The van der Waals surface area contributed by atoms with Crippen molar-refractivity contribution in [2.24, 2.45) is 0 Å². The van der Waals surface area contributed by atoms with Gasteiger partial charge in [-0.25, -0.2) is 0 Å². The lowest BCUT2D eigenvalue weighted by Crippen LogP contribution is -2.54. The van der Waals surface area contributed by atoms with E-state index in [0.717, 1.165) is 16.3 Å². The van der Waals surface area contributed by atoms with Crippen LogP contribution < -0.4 is 10.1 Å². The minimum atomic E-state index is -0.585. The molecule has 0 aliphatic heterocycles. The first kappa shape index (κ1) is 23.3. The van der Waals surface area contributed by atoms with Crippen molar-refractivity contribution >= 4 is 22.6 Å². The third-order valence-electron chi connectivity index (χ3n) is 5.18. The van der Waals surface area contributed by atoms with Crippen LogP contribution in [0.25, 0.3) is 10.8 Å². The summed E-state index contributed by atoms with van der Waals surface area (Å²) in [6.45, 7) is 7.93. The number of carbonyl (C=O) groups excluding carboxylic acids is 2. The Balaban J connectivity index is 1.82. The van der Waals surface area contributed by atoms with Crippen LogP contribution in [-0.4, -0.2) is 34.9 Å². The van der Waals surface area contributed by atoms with Gasteiger partial charge in [-0.1, -0.05) is 73.7 Å². The molecule has 0 radical (unpaired) electrons. The molecule has 0 heterocycles. The van der Waals surface area contributed by atoms with E-state index in [1.54, 1.807) is 4.90 Å². The average Bonchev–Trinajstić information content (AvgIpc) is 2.76. The van der Waals surface area contributed by atoms with Crippen LogP contribution in [0.1, 0.15) is 39.7 Å².